The van der Waals surface area contributed by atoms with Gasteiger partial charge >= 0.3 is 0 Å². The molecule has 9 aromatic rings. The Balaban J connectivity index is 1.27. The maximum absolute atomic E-state index is 2.32. The number of fused-ring (bicyclic) bond motifs is 3. The van der Waals surface area contributed by atoms with Gasteiger partial charge in [-0.05, 0) is 88.0 Å². The van der Waals surface area contributed by atoms with Crippen molar-refractivity contribution in [3.63, 3.8) is 0 Å². The Morgan fingerprint density at radius 1 is 0.188 bits per heavy atom. The Labute approximate surface area is 281 Å². The molecule has 0 aliphatic rings. The van der Waals surface area contributed by atoms with Crippen LogP contribution in [0.3, 0.4) is 0 Å². The van der Waals surface area contributed by atoms with E-state index in [0.717, 1.165) is 0 Å². The second-order valence-corrected chi connectivity index (χ2v) is 12.4. The van der Waals surface area contributed by atoms with Gasteiger partial charge in [-0.1, -0.05) is 194 Å². The van der Waals surface area contributed by atoms with Crippen LogP contribution in [0.15, 0.2) is 194 Å². The highest BCUT2D eigenvalue weighted by Crippen LogP contribution is 2.46. The van der Waals surface area contributed by atoms with Gasteiger partial charge in [0.05, 0.1) is 0 Å². The number of hydrogen-bond acceptors (Lipinski definition) is 0. The molecule has 48 heavy (non-hydrogen) atoms. The lowest BCUT2D eigenvalue weighted by molar-refractivity contribution is 1.60. The minimum Gasteiger partial charge on any atom is -0.0622 e. The van der Waals surface area contributed by atoms with Crippen LogP contribution in [0.2, 0.25) is 0 Å². The van der Waals surface area contributed by atoms with Gasteiger partial charge in [-0.25, -0.2) is 0 Å². The molecular weight excluding hydrogens is 577 g/mol. The van der Waals surface area contributed by atoms with Crippen molar-refractivity contribution in [1.82, 2.24) is 0 Å². The third kappa shape index (κ3) is 4.70. The summed E-state index contributed by atoms with van der Waals surface area (Å²) >= 11 is 0. The summed E-state index contributed by atoms with van der Waals surface area (Å²) in [6.45, 7) is 0. The smallest absolute Gasteiger partial charge is 0.00201 e. The maximum Gasteiger partial charge on any atom is -0.00201 e. The number of benzene rings is 9. The Kier molecular flexibility index (Phi) is 6.91. The molecule has 0 atom stereocenters. The molecule has 0 bridgehead atoms. The van der Waals surface area contributed by atoms with E-state index in [1.807, 2.05) is 0 Å². The van der Waals surface area contributed by atoms with Crippen LogP contribution in [0, 0.1) is 0 Å². The lowest BCUT2D eigenvalue weighted by Gasteiger charge is -2.20. The molecule has 0 radical (unpaired) electrons. The molecule has 0 N–H and O–H groups in total. The third-order valence-corrected chi connectivity index (χ3v) is 9.69. The predicted molar refractivity (Wildman–Crippen MR) is 206 cm³/mol. The van der Waals surface area contributed by atoms with Crippen molar-refractivity contribution in [3.8, 4) is 55.6 Å². The first-order valence-electron chi connectivity index (χ1n) is 16.6. The molecule has 0 saturated heterocycles. The summed E-state index contributed by atoms with van der Waals surface area (Å²) in [5.41, 5.74) is 12.5. The van der Waals surface area contributed by atoms with E-state index in [2.05, 4.69) is 194 Å². The van der Waals surface area contributed by atoms with E-state index in [1.54, 1.807) is 0 Å². The SMILES string of the molecule is c1ccc(-c2ccccc2-c2c3ccccc3c(-c3ccc(-c4c(-c5ccccc5)ccc5ccccc45)cc3)c3ccccc23)cc1. The van der Waals surface area contributed by atoms with Gasteiger partial charge in [0.1, 0.15) is 0 Å². The first-order chi connectivity index (χ1) is 23.8. The summed E-state index contributed by atoms with van der Waals surface area (Å²) in [6, 6.07) is 70.6. The normalized spacial score (nSPS) is 11.3. The van der Waals surface area contributed by atoms with Crippen molar-refractivity contribution in [2.24, 2.45) is 0 Å². The quantitative estimate of drug-likeness (QED) is 0.171. The molecule has 0 aromatic heterocycles. The van der Waals surface area contributed by atoms with Crippen molar-refractivity contribution >= 4 is 32.3 Å². The molecule has 224 valence electrons. The van der Waals surface area contributed by atoms with E-state index >= 15 is 0 Å². The van der Waals surface area contributed by atoms with Crippen LogP contribution in [0.25, 0.3) is 88.0 Å². The zero-order chi connectivity index (χ0) is 31.9. The van der Waals surface area contributed by atoms with Crippen molar-refractivity contribution in [2.45, 2.75) is 0 Å². The van der Waals surface area contributed by atoms with E-state index in [-0.39, 0.29) is 0 Å². The van der Waals surface area contributed by atoms with Crippen LogP contribution < -0.4 is 0 Å². The highest BCUT2D eigenvalue weighted by molar-refractivity contribution is 6.22. The van der Waals surface area contributed by atoms with Gasteiger partial charge in [-0.3, -0.25) is 0 Å². The van der Waals surface area contributed by atoms with E-state index in [9.17, 15) is 0 Å². The first kappa shape index (κ1) is 28.0. The second kappa shape index (κ2) is 11.8. The Bertz CT molecular complexity index is 2520. The van der Waals surface area contributed by atoms with E-state index in [0.29, 0.717) is 0 Å². The summed E-state index contributed by atoms with van der Waals surface area (Å²) < 4.78 is 0. The zero-order valence-electron chi connectivity index (χ0n) is 26.5. The average molecular weight is 609 g/mol. The van der Waals surface area contributed by atoms with Crippen LogP contribution in [-0.4, -0.2) is 0 Å². The predicted octanol–water partition coefficient (Wildman–Crippen LogP) is 13.5. The molecule has 0 saturated carbocycles. The lowest BCUT2D eigenvalue weighted by Crippen LogP contribution is -1.93. The van der Waals surface area contributed by atoms with Gasteiger partial charge < -0.3 is 0 Å². The van der Waals surface area contributed by atoms with Gasteiger partial charge in [-0.2, -0.15) is 0 Å². The maximum atomic E-state index is 2.32. The van der Waals surface area contributed by atoms with Crippen molar-refractivity contribution in [2.75, 3.05) is 0 Å². The second-order valence-electron chi connectivity index (χ2n) is 12.4. The molecule has 0 aliphatic carbocycles. The van der Waals surface area contributed by atoms with E-state index < -0.39 is 0 Å². The van der Waals surface area contributed by atoms with E-state index in [4.69, 9.17) is 0 Å². The van der Waals surface area contributed by atoms with E-state index in [1.165, 1.54) is 88.0 Å². The molecule has 0 nitrogen and oxygen atoms in total. The third-order valence-electron chi connectivity index (χ3n) is 9.69. The molecule has 0 heteroatoms. The number of rotatable bonds is 5. The van der Waals surface area contributed by atoms with Crippen LogP contribution in [0.1, 0.15) is 0 Å². The number of hydrogen-bond donors (Lipinski definition) is 0. The molecule has 0 heterocycles. The molecule has 9 aromatic carbocycles. The Hall–Kier alpha value is -6.24. The van der Waals surface area contributed by atoms with Crippen LogP contribution in [0.4, 0.5) is 0 Å². The molecule has 0 amide bonds. The minimum atomic E-state index is 1.22. The molecule has 9 rings (SSSR count). The highest BCUT2D eigenvalue weighted by Gasteiger charge is 2.19. The standard InChI is InChI=1S/C48H32/c1-3-15-33(16-4-1)38-20-9-10-22-41(38)48-44-25-13-11-23-42(44)47(43-24-12-14-26-45(43)48)37-29-27-36(28-30-37)46-39-21-8-7-19-35(39)31-32-40(46)34-17-5-2-6-18-34/h1-32H. The summed E-state index contributed by atoms with van der Waals surface area (Å²) in [4.78, 5) is 0. The van der Waals surface area contributed by atoms with Gasteiger partial charge in [0.15, 0.2) is 0 Å². The fourth-order valence-corrected chi connectivity index (χ4v) is 7.54. The van der Waals surface area contributed by atoms with Crippen LogP contribution >= 0.6 is 0 Å². The summed E-state index contributed by atoms with van der Waals surface area (Å²) in [7, 11) is 0. The summed E-state index contributed by atoms with van der Waals surface area (Å²) in [5, 5.41) is 7.57. The molecule has 0 fully saturated rings. The van der Waals surface area contributed by atoms with Gasteiger partial charge in [-0.15, -0.1) is 0 Å². The van der Waals surface area contributed by atoms with Crippen molar-refractivity contribution in [1.29, 1.82) is 0 Å². The fourth-order valence-electron chi connectivity index (χ4n) is 7.54. The largest absolute Gasteiger partial charge is 0.0622 e. The average Bonchev–Trinajstić information content (AvgIpc) is 3.17. The van der Waals surface area contributed by atoms with Crippen LogP contribution in [0.5, 0.6) is 0 Å². The fraction of sp³-hybridized carbons (Fsp3) is 0. The lowest BCUT2D eigenvalue weighted by atomic mass is 9.83. The topological polar surface area (TPSA) is 0 Å². The van der Waals surface area contributed by atoms with Gasteiger partial charge in [0.2, 0.25) is 0 Å². The van der Waals surface area contributed by atoms with Crippen molar-refractivity contribution < 1.29 is 0 Å². The highest BCUT2D eigenvalue weighted by atomic mass is 14.2. The van der Waals surface area contributed by atoms with Gasteiger partial charge in [0, 0.05) is 0 Å². The zero-order valence-corrected chi connectivity index (χ0v) is 26.5. The molecule has 0 unspecified atom stereocenters. The molecule has 0 spiro atoms. The summed E-state index contributed by atoms with van der Waals surface area (Å²) in [5.74, 6) is 0. The first-order valence-corrected chi connectivity index (χ1v) is 16.6. The monoisotopic (exact) mass is 608 g/mol. The summed E-state index contributed by atoms with van der Waals surface area (Å²) in [6.07, 6.45) is 0. The van der Waals surface area contributed by atoms with Crippen molar-refractivity contribution in [3.05, 3.63) is 194 Å². The van der Waals surface area contributed by atoms with Crippen LogP contribution in [-0.2, 0) is 0 Å². The minimum absolute atomic E-state index is 1.22. The molecule has 0 aliphatic heterocycles. The van der Waals surface area contributed by atoms with Gasteiger partial charge in [0.25, 0.3) is 0 Å². The Morgan fingerprint density at radius 2 is 0.604 bits per heavy atom. The Morgan fingerprint density at radius 3 is 1.19 bits per heavy atom. The molecular formula is C48H32.